The van der Waals surface area contributed by atoms with Crippen molar-refractivity contribution < 1.29 is 14.3 Å². The quantitative estimate of drug-likeness (QED) is 0.794. The van der Waals surface area contributed by atoms with Crippen molar-refractivity contribution in [3.63, 3.8) is 0 Å². The van der Waals surface area contributed by atoms with Gasteiger partial charge in [-0.15, -0.1) is 0 Å². The number of benzene rings is 1. The Kier molecular flexibility index (Phi) is 5.97. The first-order valence-electron chi connectivity index (χ1n) is 9.38. The molecule has 0 unspecified atom stereocenters. The Hall–Kier alpha value is -1.59. The van der Waals surface area contributed by atoms with Gasteiger partial charge in [-0.1, -0.05) is 18.2 Å². The van der Waals surface area contributed by atoms with Crippen molar-refractivity contribution in [3.05, 3.63) is 29.8 Å². The van der Waals surface area contributed by atoms with Crippen LogP contribution in [0.3, 0.4) is 0 Å². The number of amides is 1. The highest BCUT2D eigenvalue weighted by atomic mass is 16.5. The molecule has 0 radical (unpaired) electrons. The van der Waals surface area contributed by atoms with E-state index in [4.69, 9.17) is 9.47 Å². The molecule has 0 bridgehead atoms. The number of nitrogens with zero attached hydrogens (tertiary/aromatic N) is 2. The first kappa shape index (κ1) is 18.2. The number of carbonyl (C=O) groups is 1. The lowest BCUT2D eigenvalue weighted by Crippen LogP contribution is -2.44. The normalized spacial score (nSPS) is 24.2. The summed E-state index contributed by atoms with van der Waals surface area (Å²) in [4.78, 5) is 17.3. The fourth-order valence-corrected chi connectivity index (χ4v) is 3.83. The van der Waals surface area contributed by atoms with E-state index >= 15 is 0 Å². The van der Waals surface area contributed by atoms with Gasteiger partial charge in [0.15, 0.2) is 0 Å². The van der Waals surface area contributed by atoms with E-state index in [1.807, 2.05) is 36.9 Å². The monoisotopic (exact) mass is 346 g/mol. The SMILES string of the molecule is CO[C@H]1C[C@@H](C(=O)N2CCCC2)N(Cc2ccccc2OC(C)C)C1. The minimum Gasteiger partial charge on any atom is -0.491 e. The fourth-order valence-electron chi connectivity index (χ4n) is 3.83. The van der Waals surface area contributed by atoms with Crippen LogP contribution in [-0.4, -0.2) is 60.7 Å². The Balaban J connectivity index is 1.75. The maximum atomic E-state index is 13.0. The molecular weight excluding hydrogens is 316 g/mol. The number of methoxy groups -OCH3 is 1. The third kappa shape index (κ3) is 4.33. The van der Waals surface area contributed by atoms with Gasteiger partial charge in [-0.3, -0.25) is 9.69 Å². The van der Waals surface area contributed by atoms with Crippen molar-refractivity contribution in [2.24, 2.45) is 0 Å². The molecule has 0 aromatic heterocycles. The average Bonchev–Trinajstić information content (AvgIpc) is 3.25. The van der Waals surface area contributed by atoms with Crippen LogP contribution >= 0.6 is 0 Å². The van der Waals surface area contributed by atoms with Gasteiger partial charge in [0, 0.05) is 38.9 Å². The maximum Gasteiger partial charge on any atom is 0.240 e. The molecule has 1 amide bonds. The van der Waals surface area contributed by atoms with Gasteiger partial charge in [0.2, 0.25) is 5.91 Å². The predicted octanol–water partition coefficient (Wildman–Crippen LogP) is 2.69. The van der Waals surface area contributed by atoms with E-state index in [9.17, 15) is 4.79 Å². The van der Waals surface area contributed by atoms with Gasteiger partial charge >= 0.3 is 0 Å². The molecule has 2 saturated heterocycles. The second-order valence-corrected chi connectivity index (χ2v) is 7.35. The fraction of sp³-hybridized carbons (Fsp3) is 0.650. The highest BCUT2D eigenvalue weighted by Crippen LogP contribution is 2.28. The van der Waals surface area contributed by atoms with Gasteiger partial charge < -0.3 is 14.4 Å². The molecule has 1 aromatic rings. The molecule has 5 heteroatoms. The molecule has 0 spiro atoms. The molecule has 2 fully saturated rings. The maximum absolute atomic E-state index is 13.0. The van der Waals surface area contributed by atoms with Crippen molar-refractivity contribution in [3.8, 4) is 5.75 Å². The van der Waals surface area contributed by atoms with Crippen LogP contribution in [0.1, 0.15) is 38.7 Å². The van der Waals surface area contributed by atoms with E-state index < -0.39 is 0 Å². The molecule has 3 rings (SSSR count). The molecule has 2 atom stereocenters. The van der Waals surface area contributed by atoms with E-state index in [2.05, 4.69) is 11.0 Å². The van der Waals surface area contributed by atoms with Gasteiger partial charge in [-0.05, 0) is 39.2 Å². The van der Waals surface area contributed by atoms with Crippen molar-refractivity contribution in [2.75, 3.05) is 26.7 Å². The second kappa shape index (κ2) is 8.19. The topological polar surface area (TPSA) is 42.0 Å². The van der Waals surface area contributed by atoms with E-state index in [-0.39, 0.29) is 24.2 Å². The van der Waals surface area contributed by atoms with E-state index in [1.165, 1.54) is 0 Å². The Morgan fingerprint density at radius 1 is 1.24 bits per heavy atom. The Bertz CT molecular complexity index is 584. The highest BCUT2D eigenvalue weighted by Gasteiger charge is 2.39. The van der Waals surface area contributed by atoms with Crippen LogP contribution in [0, 0.1) is 0 Å². The van der Waals surface area contributed by atoms with Crippen molar-refractivity contribution in [1.29, 1.82) is 0 Å². The molecule has 1 aromatic carbocycles. The number of rotatable bonds is 6. The van der Waals surface area contributed by atoms with Gasteiger partial charge in [0.1, 0.15) is 5.75 Å². The predicted molar refractivity (Wildman–Crippen MR) is 97.6 cm³/mol. The summed E-state index contributed by atoms with van der Waals surface area (Å²) in [5.41, 5.74) is 1.13. The number of ether oxygens (including phenoxy) is 2. The van der Waals surface area contributed by atoms with E-state index in [0.717, 1.165) is 50.2 Å². The summed E-state index contributed by atoms with van der Waals surface area (Å²) in [6.45, 7) is 7.37. The third-order valence-corrected chi connectivity index (χ3v) is 5.11. The van der Waals surface area contributed by atoms with Crippen LogP contribution in [-0.2, 0) is 16.1 Å². The van der Waals surface area contributed by atoms with Crippen molar-refractivity contribution in [2.45, 2.75) is 57.9 Å². The summed E-state index contributed by atoms with van der Waals surface area (Å²) in [5.74, 6) is 1.17. The van der Waals surface area contributed by atoms with Crippen LogP contribution in [0.5, 0.6) is 5.75 Å². The third-order valence-electron chi connectivity index (χ3n) is 5.11. The van der Waals surface area contributed by atoms with Crippen LogP contribution in [0.15, 0.2) is 24.3 Å². The number of hydrogen-bond donors (Lipinski definition) is 0. The number of hydrogen-bond acceptors (Lipinski definition) is 4. The lowest BCUT2D eigenvalue weighted by Gasteiger charge is -2.28. The zero-order valence-corrected chi connectivity index (χ0v) is 15.6. The Morgan fingerprint density at radius 2 is 1.96 bits per heavy atom. The first-order chi connectivity index (χ1) is 12.1. The molecule has 2 heterocycles. The zero-order chi connectivity index (χ0) is 17.8. The van der Waals surface area contributed by atoms with E-state index in [0.29, 0.717) is 6.54 Å². The van der Waals surface area contributed by atoms with Gasteiger partial charge in [-0.25, -0.2) is 0 Å². The lowest BCUT2D eigenvalue weighted by molar-refractivity contribution is -0.135. The largest absolute Gasteiger partial charge is 0.491 e. The van der Waals surface area contributed by atoms with Crippen LogP contribution in [0.2, 0.25) is 0 Å². The molecular formula is C20H30N2O3. The van der Waals surface area contributed by atoms with Crippen LogP contribution in [0.4, 0.5) is 0 Å². The molecule has 2 aliphatic heterocycles. The summed E-state index contributed by atoms with van der Waals surface area (Å²) in [6.07, 6.45) is 3.27. The molecule has 2 aliphatic rings. The number of likely N-dealkylation sites (tertiary alicyclic amines) is 2. The summed E-state index contributed by atoms with van der Waals surface area (Å²) < 4.78 is 11.5. The molecule has 25 heavy (non-hydrogen) atoms. The zero-order valence-electron chi connectivity index (χ0n) is 15.6. The van der Waals surface area contributed by atoms with Crippen LogP contribution < -0.4 is 4.74 Å². The van der Waals surface area contributed by atoms with Crippen LogP contribution in [0.25, 0.3) is 0 Å². The number of para-hydroxylation sites is 1. The minimum absolute atomic E-state index is 0.0878. The molecule has 0 aliphatic carbocycles. The Morgan fingerprint density at radius 3 is 2.64 bits per heavy atom. The number of carbonyl (C=O) groups excluding carboxylic acids is 1. The molecule has 138 valence electrons. The first-order valence-corrected chi connectivity index (χ1v) is 9.38. The van der Waals surface area contributed by atoms with Gasteiger partial charge in [0.05, 0.1) is 18.2 Å². The molecule has 0 saturated carbocycles. The summed E-state index contributed by atoms with van der Waals surface area (Å²) >= 11 is 0. The minimum atomic E-state index is -0.0878. The summed E-state index contributed by atoms with van der Waals surface area (Å²) in [7, 11) is 1.74. The van der Waals surface area contributed by atoms with Crippen molar-refractivity contribution >= 4 is 5.91 Å². The lowest BCUT2D eigenvalue weighted by atomic mass is 10.1. The average molecular weight is 346 g/mol. The van der Waals surface area contributed by atoms with E-state index in [1.54, 1.807) is 7.11 Å². The second-order valence-electron chi connectivity index (χ2n) is 7.35. The molecule has 0 N–H and O–H groups in total. The summed E-state index contributed by atoms with van der Waals surface area (Å²) in [5, 5.41) is 0. The van der Waals surface area contributed by atoms with Gasteiger partial charge in [-0.2, -0.15) is 0 Å². The smallest absolute Gasteiger partial charge is 0.240 e. The standard InChI is InChI=1S/C20H30N2O3/c1-15(2)25-19-9-5-4-8-16(19)13-22-14-17(24-3)12-18(22)20(23)21-10-6-7-11-21/h4-5,8-9,15,17-18H,6-7,10-14H2,1-3H3/t17-,18-/m0/s1. The van der Waals surface area contributed by atoms with Gasteiger partial charge in [0.25, 0.3) is 0 Å². The highest BCUT2D eigenvalue weighted by molar-refractivity contribution is 5.82. The van der Waals surface area contributed by atoms with Crippen molar-refractivity contribution in [1.82, 2.24) is 9.80 Å². The Labute approximate surface area is 150 Å². The summed E-state index contributed by atoms with van der Waals surface area (Å²) in [6, 6.07) is 8.04. The molecule has 5 nitrogen and oxygen atoms in total.